The summed E-state index contributed by atoms with van der Waals surface area (Å²) in [6.07, 6.45) is 3.78. The second-order valence-corrected chi connectivity index (χ2v) is 8.59. The van der Waals surface area contributed by atoms with Gasteiger partial charge in [0.1, 0.15) is 0 Å². The van der Waals surface area contributed by atoms with Crippen LogP contribution in [0.1, 0.15) is 17.5 Å². The number of nitrogens with zero attached hydrogens (tertiary/aromatic N) is 1. The quantitative estimate of drug-likeness (QED) is 0.702. The molecule has 0 saturated carbocycles. The summed E-state index contributed by atoms with van der Waals surface area (Å²) in [6, 6.07) is 12.6. The van der Waals surface area contributed by atoms with Gasteiger partial charge in [-0.15, -0.1) is 0 Å². The van der Waals surface area contributed by atoms with E-state index in [4.69, 9.17) is 9.47 Å². The number of sulfonamides is 1. The molecule has 0 aliphatic carbocycles. The minimum atomic E-state index is -3.19. The Morgan fingerprint density at radius 1 is 1.10 bits per heavy atom. The minimum absolute atomic E-state index is 0.189. The molecule has 1 amide bonds. The molecule has 0 radical (unpaired) electrons. The number of carbonyl (C=O) groups is 1. The number of hydrogen-bond donors (Lipinski definition) is 1. The number of hydrogen-bond acceptors (Lipinski definition) is 5. The largest absolute Gasteiger partial charge is 0.493 e. The van der Waals surface area contributed by atoms with Gasteiger partial charge in [-0.05, 0) is 47.9 Å². The SMILES string of the molecule is COc1ccc(CNC(=O)/C=C/c2ccc(N3CCCS3(=O)=O)cc2)cc1OC. The molecule has 1 saturated heterocycles. The van der Waals surface area contributed by atoms with Crippen molar-refractivity contribution in [3.8, 4) is 11.5 Å². The lowest BCUT2D eigenvalue weighted by Crippen LogP contribution is -2.24. The zero-order valence-electron chi connectivity index (χ0n) is 16.4. The Labute approximate surface area is 171 Å². The zero-order chi connectivity index (χ0) is 20.9. The van der Waals surface area contributed by atoms with Gasteiger partial charge in [0.25, 0.3) is 0 Å². The maximum atomic E-state index is 12.1. The van der Waals surface area contributed by atoms with Crippen LogP contribution in [0.4, 0.5) is 5.69 Å². The zero-order valence-corrected chi connectivity index (χ0v) is 17.2. The normalized spacial score (nSPS) is 15.4. The monoisotopic (exact) mass is 416 g/mol. The van der Waals surface area contributed by atoms with Crippen LogP contribution in [0.5, 0.6) is 11.5 Å². The summed E-state index contributed by atoms with van der Waals surface area (Å²) in [5.74, 6) is 1.20. The first-order chi connectivity index (χ1) is 13.9. The molecule has 2 aromatic rings. The van der Waals surface area contributed by atoms with Gasteiger partial charge in [-0.2, -0.15) is 0 Å². The Balaban J connectivity index is 1.57. The highest BCUT2D eigenvalue weighted by molar-refractivity contribution is 7.93. The fourth-order valence-electron chi connectivity index (χ4n) is 3.09. The fraction of sp³-hybridized carbons (Fsp3) is 0.286. The van der Waals surface area contributed by atoms with Crippen molar-refractivity contribution in [1.82, 2.24) is 5.32 Å². The van der Waals surface area contributed by atoms with E-state index < -0.39 is 10.0 Å². The Bertz CT molecular complexity index is 1000. The Kier molecular flexibility index (Phi) is 6.43. The van der Waals surface area contributed by atoms with E-state index in [9.17, 15) is 13.2 Å². The van der Waals surface area contributed by atoms with Crippen LogP contribution < -0.4 is 19.1 Å². The first-order valence-electron chi connectivity index (χ1n) is 9.20. The van der Waals surface area contributed by atoms with Gasteiger partial charge < -0.3 is 14.8 Å². The van der Waals surface area contributed by atoms with E-state index in [1.165, 1.54) is 10.4 Å². The molecule has 0 bridgehead atoms. The second kappa shape index (κ2) is 9.00. The van der Waals surface area contributed by atoms with Crippen molar-refractivity contribution in [2.45, 2.75) is 13.0 Å². The molecule has 29 heavy (non-hydrogen) atoms. The van der Waals surface area contributed by atoms with Gasteiger partial charge in [-0.1, -0.05) is 18.2 Å². The van der Waals surface area contributed by atoms with Crippen LogP contribution in [0.2, 0.25) is 0 Å². The van der Waals surface area contributed by atoms with Crippen LogP contribution in [0, 0.1) is 0 Å². The molecule has 0 spiro atoms. The molecular formula is C21H24N2O5S. The molecule has 1 aliphatic heterocycles. The van der Waals surface area contributed by atoms with E-state index in [0.717, 1.165) is 11.1 Å². The molecule has 0 unspecified atom stereocenters. The van der Waals surface area contributed by atoms with Crippen LogP contribution in [-0.4, -0.2) is 40.8 Å². The topological polar surface area (TPSA) is 84.9 Å². The van der Waals surface area contributed by atoms with Crippen LogP contribution in [-0.2, 0) is 21.4 Å². The maximum Gasteiger partial charge on any atom is 0.244 e. The van der Waals surface area contributed by atoms with Gasteiger partial charge in [0.15, 0.2) is 11.5 Å². The van der Waals surface area contributed by atoms with Crippen LogP contribution >= 0.6 is 0 Å². The standard InChI is InChI=1S/C21H24N2O5S/c1-27-19-10-6-17(14-20(19)28-2)15-22-21(24)11-7-16-4-8-18(9-5-16)23-12-3-13-29(23,25)26/h4-11,14H,3,12-13,15H2,1-2H3,(H,22,24)/b11-7+. The van der Waals surface area contributed by atoms with Gasteiger partial charge in [0.2, 0.25) is 15.9 Å². The average molecular weight is 416 g/mol. The Hall–Kier alpha value is -3.00. The van der Waals surface area contributed by atoms with E-state index in [2.05, 4.69) is 5.32 Å². The number of anilines is 1. The maximum absolute atomic E-state index is 12.1. The number of ether oxygens (including phenoxy) is 2. The lowest BCUT2D eigenvalue weighted by atomic mass is 10.2. The predicted octanol–water partition coefficient (Wildman–Crippen LogP) is 2.57. The first-order valence-corrected chi connectivity index (χ1v) is 10.8. The highest BCUT2D eigenvalue weighted by Crippen LogP contribution is 2.27. The average Bonchev–Trinajstić information content (AvgIpc) is 3.09. The summed E-state index contributed by atoms with van der Waals surface area (Å²) < 4.78 is 35.8. The number of amides is 1. The van der Waals surface area contributed by atoms with Crippen molar-refractivity contribution in [1.29, 1.82) is 0 Å². The molecular weight excluding hydrogens is 392 g/mol. The van der Waals surface area contributed by atoms with Crippen molar-refractivity contribution in [3.63, 3.8) is 0 Å². The molecule has 1 heterocycles. The van der Waals surface area contributed by atoms with Crippen LogP contribution in [0.3, 0.4) is 0 Å². The highest BCUT2D eigenvalue weighted by Gasteiger charge is 2.28. The third-order valence-electron chi connectivity index (χ3n) is 4.62. The van der Waals surface area contributed by atoms with Crippen molar-refractivity contribution in [2.24, 2.45) is 0 Å². The van der Waals surface area contributed by atoms with Gasteiger partial charge in [-0.3, -0.25) is 9.10 Å². The van der Waals surface area contributed by atoms with Crippen molar-refractivity contribution in [3.05, 3.63) is 59.7 Å². The van der Waals surface area contributed by atoms with Crippen molar-refractivity contribution >= 4 is 27.7 Å². The number of benzene rings is 2. The molecule has 154 valence electrons. The van der Waals surface area contributed by atoms with Crippen LogP contribution in [0.15, 0.2) is 48.5 Å². The van der Waals surface area contributed by atoms with E-state index in [1.807, 2.05) is 12.1 Å². The lowest BCUT2D eigenvalue weighted by molar-refractivity contribution is -0.116. The smallest absolute Gasteiger partial charge is 0.244 e. The number of nitrogens with one attached hydrogen (secondary N) is 1. The molecule has 2 aromatic carbocycles. The minimum Gasteiger partial charge on any atom is -0.493 e. The Morgan fingerprint density at radius 3 is 2.45 bits per heavy atom. The summed E-state index contributed by atoms with van der Waals surface area (Å²) in [5, 5.41) is 2.82. The van der Waals surface area contributed by atoms with Crippen molar-refractivity contribution in [2.75, 3.05) is 30.8 Å². The van der Waals surface area contributed by atoms with Gasteiger partial charge >= 0.3 is 0 Å². The van der Waals surface area contributed by atoms with Crippen molar-refractivity contribution < 1.29 is 22.7 Å². The summed E-state index contributed by atoms with van der Waals surface area (Å²) in [6.45, 7) is 0.866. The van der Waals surface area contributed by atoms with Gasteiger partial charge in [0.05, 0.1) is 25.7 Å². The van der Waals surface area contributed by atoms with Gasteiger partial charge in [-0.25, -0.2) is 8.42 Å². The van der Waals surface area contributed by atoms with E-state index in [1.54, 1.807) is 50.6 Å². The number of methoxy groups -OCH3 is 2. The van der Waals surface area contributed by atoms with E-state index >= 15 is 0 Å². The van der Waals surface area contributed by atoms with E-state index in [0.29, 0.717) is 36.7 Å². The molecule has 1 aliphatic rings. The number of carbonyl (C=O) groups excluding carboxylic acids is 1. The molecule has 0 atom stereocenters. The molecule has 1 N–H and O–H groups in total. The summed E-state index contributed by atoms with van der Waals surface area (Å²) in [7, 11) is -0.0546. The van der Waals surface area contributed by atoms with Gasteiger partial charge in [0, 0.05) is 19.2 Å². The first kappa shape index (κ1) is 20.7. The molecule has 1 fully saturated rings. The number of rotatable bonds is 7. The summed E-state index contributed by atoms with van der Waals surface area (Å²) in [5.41, 5.74) is 2.35. The Morgan fingerprint density at radius 2 is 1.83 bits per heavy atom. The predicted molar refractivity (Wildman–Crippen MR) is 113 cm³/mol. The molecule has 3 rings (SSSR count). The third-order valence-corrected chi connectivity index (χ3v) is 6.49. The lowest BCUT2D eigenvalue weighted by Gasteiger charge is -2.16. The van der Waals surface area contributed by atoms with Crippen LogP contribution in [0.25, 0.3) is 6.08 Å². The molecule has 8 heteroatoms. The fourth-order valence-corrected chi connectivity index (χ4v) is 4.66. The highest BCUT2D eigenvalue weighted by atomic mass is 32.2. The second-order valence-electron chi connectivity index (χ2n) is 6.57. The third kappa shape index (κ3) is 5.08. The molecule has 0 aromatic heterocycles. The van der Waals surface area contributed by atoms with E-state index in [-0.39, 0.29) is 11.7 Å². The summed E-state index contributed by atoms with van der Waals surface area (Å²) in [4.78, 5) is 12.1. The summed E-state index contributed by atoms with van der Waals surface area (Å²) >= 11 is 0. The molecule has 7 nitrogen and oxygen atoms in total.